The van der Waals surface area contributed by atoms with Gasteiger partial charge in [-0.25, -0.2) is 4.98 Å². The number of nitrogens with one attached hydrogen (secondary N) is 1. The highest BCUT2D eigenvalue weighted by Gasteiger charge is 2.29. The Morgan fingerprint density at radius 2 is 1.93 bits per heavy atom. The standard InChI is InChI=1S/C21H29N3O2S/c1-15(2)16-5-7-17(8-6-16)20-23-18(13-27-20)19(25)22-14-21(3,4)24-9-11-26-12-10-24/h5-8,13,15H,9-12,14H2,1-4H3,(H,22,25). The van der Waals surface area contributed by atoms with E-state index in [0.29, 0.717) is 18.2 Å². The van der Waals surface area contributed by atoms with Crippen LogP contribution in [-0.2, 0) is 4.74 Å². The molecule has 3 rings (SSSR count). The molecule has 1 saturated heterocycles. The Morgan fingerprint density at radius 3 is 2.56 bits per heavy atom. The summed E-state index contributed by atoms with van der Waals surface area (Å²) in [6.45, 7) is 12.6. The molecule has 2 heterocycles. The van der Waals surface area contributed by atoms with Gasteiger partial charge in [-0.1, -0.05) is 38.1 Å². The molecule has 1 aromatic heterocycles. The monoisotopic (exact) mass is 387 g/mol. The molecule has 1 aliphatic heterocycles. The first-order valence-corrected chi connectivity index (χ1v) is 10.4. The zero-order valence-electron chi connectivity index (χ0n) is 16.6. The SMILES string of the molecule is CC(C)c1ccc(-c2nc(C(=O)NCC(C)(C)N3CCOCC3)cs2)cc1. The van der Waals surface area contributed by atoms with E-state index in [1.165, 1.54) is 16.9 Å². The van der Waals surface area contributed by atoms with Crippen LogP contribution >= 0.6 is 11.3 Å². The largest absolute Gasteiger partial charge is 0.379 e. The van der Waals surface area contributed by atoms with Crippen molar-refractivity contribution in [3.8, 4) is 10.6 Å². The molecule has 0 aliphatic carbocycles. The van der Waals surface area contributed by atoms with Crippen molar-refractivity contribution in [2.24, 2.45) is 0 Å². The van der Waals surface area contributed by atoms with E-state index in [0.717, 1.165) is 36.9 Å². The summed E-state index contributed by atoms with van der Waals surface area (Å²) in [6.07, 6.45) is 0. The van der Waals surface area contributed by atoms with E-state index in [1.807, 2.05) is 5.38 Å². The predicted molar refractivity (Wildman–Crippen MR) is 110 cm³/mol. The molecule has 0 radical (unpaired) electrons. The number of aromatic nitrogens is 1. The minimum Gasteiger partial charge on any atom is -0.379 e. The zero-order chi connectivity index (χ0) is 19.4. The van der Waals surface area contributed by atoms with Crippen LogP contribution in [0.25, 0.3) is 10.6 Å². The van der Waals surface area contributed by atoms with Crippen LogP contribution in [0.3, 0.4) is 0 Å². The lowest BCUT2D eigenvalue weighted by molar-refractivity contribution is -0.00924. The maximum atomic E-state index is 12.6. The van der Waals surface area contributed by atoms with E-state index in [9.17, 15) is 4.79 Å². The third kappa shape index (κ3) is 4.94. The molecule has 146 valence electrons. The number of morpholine rings is 1. The van der Waals surface area contributed by atoms with Crippen molar-refractivity contribution in [2.75, 3.05) is 32.8 Å². The molecule has 5 nitrogen and oxygen atoms in total. The van der Waals surface area contributed by atoms with Crippen molar-refractivity contribution in [2.45, 2.75) is 39.2 Å². The number of nitrogens with zero attached hydrogens (tertiary/aromatic N) is 2. The summed E-state index contributed by atoms with van der Waals surface area (Å²) in [5, 5.41) is 5.76. The van der Waals surface area contributed by atoms with Gasteiger partial charge in [-0.3, -0.25) is 9.69 Å². The summed E-state index contributed by atoms with van der Waals surface area (Å²) < 4.78 is 5.42. The van der Waals surface area contributed by atoms with Gasteiger partial charge >= 0.3 is 0 Å². The second kappa shape index (κ2) is 8.50. The summed E-state index contributed by atoms with van der Waals surface area (Å²) in [7, 11) is 0. The molecule has 1 fully saturated rings. The van der Waals surface area contributed by atoms with Gasteiger partial charge in [0.1, 0.15) is 10.7 Å². The predicted octanol–water partition coefficient (Wildman–Crippen LogP) is 3.77. The lowest BCUT2D eigenvalue weighted by Crippen LogP contribution is -2.55. The third-order valence-corrected chi connectivity index (χ3v) is 6.00. The quantitative estimate of drug-likeness (QED) is 0.820. The van der Waals surface area contributed by atoms with Crippen LogP contribution < -0.4 is 5.32 Å². The minimum absolute atomic E-state index is 0.106. The van der Waals surface area contributed by atoms with Crippen LogP contribution in [0.5, 0.6) is 0 Å². The highest BCUT2D eigenvalue weighted by molar-refractivity contribution is 7.13. The van der Waals surface area contributed by atoms with Gasteiger partial charge < -0.3 is 10.1 Å². The smallest absolute Gasteiger partial charge is 0.270 e. The molecule has 1 aliphatic rings. The fraction of sp³-hybridized carbons (Fsp3) is 0.524. The van der Waals surface area contributed by atoms with Gasteiger partial charge in [0.15, 0.2) is 0 Å². The molecule has 6 heteroatoms. The van der Waals surface area contributed by atoms with Gasteiger partial charge in [0.25, 0.3) is 5.91 Å². The first-order valence-electron chi connectivity index (χ1n) is 9.54. The van der Waals surface area contributed by atoms with Crippen molar-refractivity contribution in [3.05, 3.63) is 40.9 Å². The Labute approximate surface area is 165 Å². The molecular formula is C21H29N3O2S. The average Bonchev–Trinajstić information content (AvgIpc) is 3.17. The molecule has 0 unspecified atom stereocenters. The van der Waals surface area contributed by atoms with E-state index < -0.39 is 0 Å². The zero-order valence-corrected chi connectivity index (χ0v) is 17.4. The lowest BCUT2D eigenvalue weighted by Gasteiger charge is -2.40. The number of rotatable bonds is 6. The second-order valence-corrected chi connectivity index (χ2v) is 8.77. The van der Waals surface area contributed by atoms with Crippen LogP contribution in [0.4, 0.5) is 0 Å². The molecule has 1 aromatic carbocycles. The number of ether oxygens (including phenoxy) is 1. The van der Waals surface area contributed by atoms with Crippen molar-refractivity contribution >= 4 is 17.2 Å². The number of hydrogen-bond acceptors (Lipinski definition) is 5. The van der Waals surface area contributed by atoms with Crippen molar-refractivity contribution in [1.29, 1.82) is 0 Å². The first-order chi connectivity index (χ1) is 12.9. The number of thiazole rings is 1. The number of carbonyl (C=O) groups is 1. The number of benzene rings is 1. The lowest BCUT2D eigenvalue weighted by atomic mass is 10.0. The van der Waals surface area contributed by atoms with E-state index >= 15 is 0 Å². The van der Waals surface area contributed by atoms with E-state index in [4.69, 9.17) is 4.74 Å². The van der Waals surface area contributed by atoms with Gasteiger partial charge in [0, 0.05) is 36.1 Å². The maximum Gasteiger partial charge on any atom is 0.270 e. The molecule has 0 saturated carbocycles. The summed E-state index contributed by atoms with van der Waals surface area (Å²) >= 11 is 1.51. The topological polar surface area (TPSA) is 54.5 Å². The highest BCUT2D eigenvalue weighted by Crippen LogP contribution is 2.26. The van der Waals surface area contributed by atoms with Crippen molar-refractivity contribution < 1.29 is 9.53 Å². The molecule has 0 spiro atoms. The van der Waals surface area contributed by atoms with Crippen molar-refractivity contribution in [1.82, 2.24) is 15.2 Å². The molecule has 0 atom stereocenters. The van der Waals surface area contributed by atoms with Gasteiger partial charge in [0.05, 0.1) is 13.2 Å². The van der Waals surface area contributed by atoms with Crippen LogP contribution in [0, 0.1) is 0 Å². The third-order valence-electron chi connectivity index (χ3n) is 5.11. The first kappa shape index (κ1) is 20.0. The van der Waals surface area contributed by atoms with Gasteiger partial charge in [-0.15, -0.1) is 11.3 Å². The Morgan fingerprint density at radius 1 is 1.26 bits per heavy atom. The minimum atomic E-state index is -0.113. The van der Waals surface area contributed by atoms with Gasteiger partial charge in [-0.2, -0.15) is 0 Å². The Balaban J connectivity index is 1.61. The fourth-order valence-corrected chi connectivity index (χ4v) is 4.00. The molecular weight excluding hydrogens is 358 g/mol. The van der Waals surface area contributed by atoms with E-state index in [-0.39, 0.29) is 11.4 Å². The summed E-state index contributed by atoms with van der Waals surface area (Å²) in [4.78, 5) is 19.5. The Hall–Kier alpha value is -1.76. The van der Waals surface area contributed by atoms with Crippen LogP contribution in [0.2, 0.25) is 0 Å². The second-order valence-electron chi connectivity index (χ2n) is 7.91. The normalized spacial score (nSPS) is 15.9. The molecule has 1 N–H and O–H groups in total. The van der Waals surface area contributed by atoms with Crippen LogP contribution in [0.1, 0.15) is 49.7 Å². The number of amides is 1. The highest BCUT2D eigenvalue weighted by atomic mass is 32.1. The average molecular weight is 388 g/mol. The number of hydrogen-bond donors (Lipinski definition) is 1. The van der Waals surface area contributed by atoms with Gasteiger partial charge in [-0.05, 0) is 25.3 Å². The molecule has 2 aromatic rings. The molecule has 27 heavy (non-hydrogen) atoms. The fourth-order valence-electron chi connectivity index (χ4n) is 3.19. The van der Waals surface area contributed by atoms with E-state index in [2.05, 4.69) is 67.2 Å². The summed E-state index contributed by atoms with van der Waals surface area (Å²) in [5.74, 6) is 0.393. The Bertz CT molecular complexity index is 762. The summed E-state index contributed by atoms with van der Waals surface area (Å²) in [5.41, 5.74) is 2.74. The molecule has 0 bridgehead atoms. The van der Waals surface area contributed by atoms with Crippen molar-refractivity contribution in [3.63, 3.8) is 0 Å². The Kier molecular flexibility index (Phi) is 6.29. The summed E-state index contributed by atoms with van der Waals surface area (Å²) in [6, 6.07) is 8.42. The molecule has 1 amide bonds. The van der Waals surface area contributed by atoms with Crippen LogP contribution in [-0.4, -0.2) is 54.2 Å². The maximum absolute atomic E-state index is 12.6. The van der Waals surface area contributed by atoms with E-state index in [1.54, 1.807) is 0 Å². The van der Waals surface area contributed by atoms with Gasteiger partial charge in [0.2, 0.25) is 0 Å². The van der Waals surface area contributed by atoms with Crippen LogP contribution in [0.15, 0.2) is 29.6 Å². The number of carbonyl (C=O) groups excluding carboxylic acids is 1.